The largest absolute Gasteiger partial charge is 0.460 e. The first-order chi connectivity index (χ1) is 9.27. The molecule has 5 heteroatoms. The average Bonchev–Trinajstić information content (AvgIpc) is 2.87. The molecule has 0 bridgehead atoms. The Hall–Kier alpha value is -1.39. The highest BCUT2D eigenvalue weighted by Gasteiger charge is 2.14. The lowest BCUT2D eigenvalue weighted by atomic mass is 10.1. The Morgan fingerprint density at radius 1 is 1.11 bits per heavy atom. The third-order valence-electron chi connectivity index (χ3n) is 2.92. The number of carbonyl (C=O) groups is 1. The van der Waals surface area contributed by atoms with E-state index in [2.05, 4.69) is 17.1 Å². The van der Waals surface area contributed by atoms with Crippen LogP contribution in [0.15, 0.2) is 4.52 Å². The number of nitrogens with zero attached hydrogens (tertiary/aromatic N) is 2. The van der Waals surface area contributed by atoms with E-state index in [1.54, 1.807) is 6.92 Å². The minimum atomic E-state index is -0.517. The summed E-state index contributed by atoms with van der Waals surface area (Å²) in [5.74, 6) is 0.0356. The monoisotopic (exact) mass is 268 g/mol. The average molecular weight is 268 g/mol. The van der Waals surface area contributed by atoms with Crippen LogP contribution in [0.25, 0.3) is 0 Å². The van der Waals surface area contributed by atoms with Gasteiger partial charge in [-0.15, -0.1) is 0 Å². The van der Waals surface area contributed by atoms with Crippen molar-refractivity contribution in [3.05, 3.63) is 11.7 Å². The molecule has 0 unspecified atom stereocenters. The molecule has 0 aliphatic rings. The summed E-state index contributed by atoms with van der Waals surface area (Å²) in [6.07, 6.45) is 9.40. The highest BCUT2D eigenvalue weighted by Crippen LogP contribution is 2.10. The summed E-state index contributed by atoms with van der Waals surface area (Å²) in [5.41, 5.74) is 0. The van der Waals surface area contributed by atoms with Crippen molar-refractivity contribution < 1.29 is 14.1 Å². The molecule has 0 N–H and O–H groups in total. The highest BCUT2D eigenvalue weighted by molar-refractivity contribution is 5.84. The standard InChI is InChI=1S/C14H24N2O3/c1-3-5-6-7-8-9-10-11-12-15-13(16-19-12)14(17)18-4-2/h3-11H2,1-2H3. The lowest BCUT2D eigenvalue weighted by Gasteiger charge is -1.98. The molecule has 19 heavy (non-hydrogen) atoms. The zero-order chi connectivity index (χ0) is 13.9. The molecule has 0 aliphatic carbocycles. The molecule has 0 aromatic carbocycles. The SMILES string of the molecule is CCCCCCCCCc1nc(C(=O)OCC)no1. The first kappa shape index (κ1) is 15.7. The van der Waals surface area contributed by atoms with Gasteiger partial charge in [0.15, 0.2) is 0 Å². The van der Waals surface area contributed by atoms with Crippen LogP contribution in [0.2, 0.25) is 0 Å². The van der Waals surface area contributed by atoms with Crippen molar-refractivity contribution in [2.24, 2.45) is 0 Å². The summed E-state index contributed by atoms with van der Waals surface area (Å²) < 4.78 is 9.81. The van der Waals surface area contributed by atoms with Gasteiger partial charge in [0.1, 0.15) is 0 Å². The van der Waals surface area contributed by atoms with E-state index < -0.39 is 5.97 Å². The van der Waals surface area contributed by atoms with E-state index in [1.807, 2.05) is 0 Å². The van der Waals surface area contributed by atoms with Gasteiger partial charge in [-0.2, -0.15) is 4.98 Å². The van der Waals surface area contributed by atoms with E-state index in [4.69, 9.17) is 9.26 Å². The van der Waals surface area contributed by atoms with Crippen LogP contribution in [0.1, 0.15) is 75.3 Å². The zero-order valence-electron chi connectivity index (χ0n) is 12.0. The van der Waals surface area contributed by atoms with E-state index in [0.29, 0.717) is 12.5 Å². The summed E-state index contributed by atoms with van der Waals surface area (Å²) in [6.45, 7) is 4.29. The second kappa shape index (κ2) is 9.53. The second-order valence-corrected chi connectivity index (χ2v) is 4.60. The summed E-state index contributed by atoms with van der Waals surface area (Å²) >= 11 is 0. The minimum absolute atomic E-state index is 0.0276. The first-order valence-corrected chi connectivity index (χ1v) is 7.27. The Balaban J connectivity index is 2.14. The molecule has 1 aromatic heterocycles. The number of hydrogen-bond acceptors (Lipinski definition) is 5. The third-order valence-corrected chi connectivity index (χ3v) is 2.92. The smallest absolute Gasteiger partial charge is 0.379 e. The van der Waals surface area contributed by atoms with E-state index in [-0.39, 0.29) is 5.82 Å². The van der Waals surface area contributed by atoms with Gasteiger partial charge in [-0.1, -0.05) is 45.4 Å². The van der Waals surface area contributed by atoms with Gasteiger partial charge in [-0.05, 0) is 18.5 Å². The van der Waals surface area contributed by atoms with Crippen molar-refractivity contribution in [3.8, 4) is 0 Å². The molecule has 0 amide bonds. The lowest BCUT2D eigenvalue weighted by molar-refractivity contribution is 0.0508. The van der Waals surface area contributed by atoms with Crippen LogP contribution in [0.4, 0.5) is 0 Å². The van der Waals surface area contributed by atoms with Crippen molar-refractivity contribution in [2.45, 2.75) is 65.2 Å². The molecule has 0 saturated heterocycles. The fraction of sp³-hybridized carbons (Fsp3) is 0.786. The van der Waals surface area contributed by atoms with Crippen LogP contribution in [0.3, 0.4) is 0 Å². The maximum Gasteiger partial charge on any atom is 0.379 e. The highest BCUT2D eigenvalue weighted by atomic mass is 16.5. The van der Waals surface area contributed by atoms with Crippen molar-refractivity contribution in [1.82, 2.24) is 10.1 Å². The summed E-state index contributed by atoms with van der Waals surface area (Å²) in [7, 11) is 0. The van der Waals surface area contributed by atoms with E-state index in [1.165, 1.54) is 38.5 Å². The van der Waals surface area contributed by atoms with Crippen LogP contribution >= 0.6 is 0 Å². The number of rotatable bonds is 10. The molecule has 1 heterocycles. The Morgan fingerprint density at radius 3 is 2.47 bits per heavy atom. The normalized spacial score (nSPS) is 10.6. The van der Waals surface area contributed by atoms with Crippen molar-refractivity contribution in [2.75, 3.05) is 6.61 Å². The Kier molecular flexibility index (Phi) is 7.86. The molecular formula is C14H24N2O3. The number of aromatic nitrogens is 2. The van der Waals surface area contributed by atoms with Gasteiger partial charge >= 0.3 is 5.97 Å². The van der Waals surface area contributed by atoms with Gasteiger partial charge in [0.05, 0.1) is 6.61 Å². The minimum Gasteiger partial charge on any atom is -0.460 e. The molecule has 1 rings (SSSR count). The number of hydrogen-bond donors (Lipinski definition) is 0. The maximum absolute atomic E-state index is 11.3. The molecule has 0 aliphatic heterocycles. The predicted molar refractivity (Wildman–Crippen MR) is 72.0 cm³/mol. The number of esters is 1. The molecule has 1 aromatic rings. The third kappa shape index (κ3) is 6.36. The van der Waals surface area contributed by atoms with Crippen LogP contribution < -0.4 is 0 Å². The fourth-order valence-electron chi connectivity index (χ4n) is 1.87. The fourth-order valence-corrected chi connectivity index (χ4v) is 1.87. The molecule has 0 spiro atoms. The van der Waals surface area contributed by atoms with Gasteiger partial charge in [0, 0.05) is 6.42 Å². The Morgan fingerprint density at radius 2 is 1.79 bits per heavy atom. The Bertz CT molecular complexity index is 363. The molecule has 0 atom stereocenters. The summed E-state index contributed by atoms with van der Waals surface area (Å²) in [6, 6.07) is 0. The van der Waals surface area contributed by atoms with Crippen molar-refractivity contribution >= 4 is 5.97 Å². The zero-order valence-corrected chi connectivity index (χ0v) is 12.0. The number of ether oxygens (including phenoxy) is 1. The van der Waals surface area contributed by atoms with Crippen LogP contribution in [-0.4, -0.2) is 22.7 Å². The topological polar surface area (TPSA) is 65.2 Å². The van der Waals surface area contributed by atoms with Crippen LogP contribution in [-0.2, 0) is 11.2 Å². The van der Waals surface area contributed by atoms with Crippen molar-refractivity contribution in [3.63, 3.8) is 0 Å². The molecule has 108 valence electrons. The predicted octanol–water partition coefficient (Wildman–Crippen LogP) is 3.54. The van der Waals surface area contributed by atoms with Gasteiger partial charge in [0.25, 0.3) is 5.82 Å². The van der Waals surface area contributed by atoms with Crippen LogP contribution in [0.5, 0.6) is 0 Å². The Labute approximate surface area is 114 Å². The lowest BCUT2D eigenvalue weighted by Crippen LogP contribution is -2.06. The molecule has 0 fully saturated rings. The quantitative estimate of drug-likeness (QED) is 0.479. The van der Waals surface area contributed by atoms with Crippen molar-refractivity contribution in [1.29, 1.82) is 0 Å². The first-order valence-electron chi connectivity index (χ1n) is 7.27. The summed E-state index contributed by atoms with van der Waals surface area (Å²) in [5, 5.41) is 3.61. The maximum atomic E-state index is 11.3. The second-order valence-electron chi connectivity index (χ2n) is 4.60. The summed E-state index contributed by atoms with van der Waals surface area (Å²) in [4.78, 5) is 15.4. The molecule has 0 saturated carbocycles. The van der Waals surface area contributed by atoms with Gasteiger partial charge in [-0.25, -0.2) is 4.79 Å². The van der Waals surface area contributed by atoms with E-state index in [9.17, 15) is 4.79 Å². The number of carbonyl (C=O) groups excluding carboxylic acids is 1. The molecule has 0 radical (unpaired) electrons. The van der Waals surface area contributed by atoms with Gasteiger partial charge < -0.3 is 9.26 Å². The molecule has 5 nitrogen and oxygen atoms in total. The van der Waals surface area contributed by atoms with Crippen LogP contribution in [0, 0.1) is 0 Å². The number of unbranched alkanes of at least 4 members (excludes halogenated alkanes) is 6. The molecular weight excluding hydrogens is 244 g/mol. The van der Waals surface area contributed by atoms with Gasteiger partial charge in [0.2, 0.25) is 5.89 Å². The number of aryl methyl sites for hydroxylation is 1. The van der Waals surface area contributed by atoms with E-state index in [0.717, 1.165) is 12.8 Å². The van der Waals surface area contributed by atoms with E-state index >= 15 is 0 Å². The van der Waals surface area contributed by atoms with Gasteiger partial charge in [-0.3, -0.25) is 0 Å².